The third-order valence-corrected chi connectivity index (χ3v) is 3.96. The molecule has 0 aliphatic heterocycles. The molecule has 0 unspecified atom stereocenters. The van der Waals surface area contributed by atoms with E-state index < -0.39 is 0 Å². The molecular weight excluding hydrogens is 278 g/mol. The molecule has 3 rings (SSSR count). The van der Waals surface area contributed by atoms with E-state index in [0.717, 1.165) is 23.0 Å². The number of nitrogens with zero attached hydrogens (tertiary/aromatic N) is 1. The third-order valence-electron chi connectivity index (χ3n) is 3.96. The van der Waals surface area contributed by atoms with Gasteiger partial charge < -0.3 is 4.74 Å². The van der Waals surface area contributed by atoms with Gasteiger partial charge in [-0.05, 0) is 48.1 Å². The first-order valence-corrected chi connectivity index (χ1v) is 7.43. The van der Waals surface area contributed by atoms with Gasteiger partial charge in [0.15, 0.2) is 0 Å². The van der Waals surface area contributed by atoms with Gasteiger partial charge in [0.2, 0.25) is 5.91 Å². The summed E-state index contributed by atoms with van der Waals surface area (Å²) >= 11 is 0. The predicted molar refractivity (Wildman–Crippen MR) is 83.0 cm³/mol. The summed E-state index contributed by atoms with van der Waals surface area (Å²) < 4.78 is 5.84. The van der Waals surface area contributed by atoms with Crippen molar-refractivity contribution < 1.29 is 14.7 Å². The molecule has 1 amide bonds. The lowest BCUT2D eigenvalue weighted by Gasteiger charge is -2.12. The molecule has 0 saturated heterocycles. The summed E-state index contributed by atoms with van der Waals surface area (Å²) in [6.45, 7) is 1.76. The van der Waals surface area contributed by atoms with Crippen LogP contribution in [-0.2, 0) is 4.79 Å². The minimum absolute atomic E-state index is 0.313. The summed E-state index contributed by atoms with van der Waals surface area (Å²) in [7, 11) is 0. The molecule has 22 heavy (non-hydrogen) atoms. The fraction of sp³-hybridized carbons (Fsp3) is 0.278. The van der Waals surface area contributed by atoms with Crippen LogP contribution in [0.1, 0.15) is 24.8 Å². The van der Waals surface area contributed by atoms with Gasteiger partial charge >= 0.3 is 0 Å². The van der Waals surface area contributed by atoms with Gasteiger partial charge in [0, 0.05) is 6.92 Å². The number of hydrogen-bond donors (Lipinski definition) is 1. The quantitative estimate of drug-likeness (QED) is 0.674. The van der Waals surface area contributed by atoms with E-state index in [0.29, 0.717) is 18.4 Å². The number of carbonyl (C=O) groups excluding carboxylic acids is 1. The first-order chi connectivity index (χ1) is 10.6. The molecule has 0 spiro atoms. The molecule has 4 nitrogen and oxygen atoms in total. The van der Waals surface area contributed by atoms with Crippen molar-refractivity contribution in [1.82, 2.24) is 5.06 Å². The van der Waals surface area contributed by atoms with E-state index in [4.69, 9.17) is 4.74 Å². The summed E-state index contributed by atoms with van der Waals surface area (Å²) in [5, 5.41) is 10.3. The van der Waals surface area contributed by atoms with E-state index in [2.05, 4.69) is 6.07 Å². The molecule has 2 aromatic carbocycles. The zero-order valence-electron chi connectivity index (χ0n) is 12.5. The van der Waals surface area contributed by atoms with Crippen molar-refractivity contribution in [3.05, 3.63) is 60.2 Å². The van der Waals surface area contributed by atoms with Crippen molar-refractivity contribution in [1.29, 1.82) is 0 Å². The number of ether oxygens (including phenoxy) is 1. The average molecular weight is 297 g/mol. The Labute approximate surface area is 129 Å². The molecule has 1 saturated carbocycles. The number of carbonyl (C=O) groups is 1. The van der Waals surface area contributed by atoms with Crippen molar-refractivity contribution >= 4 is 5.91 Å². The summed E-state index contributed by atoms with van der Waals surface area (Å²) in [4.78, 5) is 11.1. The van der Waals surface area contributed by atoms with Crippen molar-refractivity contribution in [2.24, 2.45) is 5.92 Å². The van der Waals surface area contributed by atoms with Crippen molar-refractivity contribution in [2.45, 2.75) is 19.3 Å². The van der Waals surface area contributed by atoms with Crippen molar-refractivity contribution in [3.63, 3.8) is 0 Å². The molecule has 114 valence electrons. The van der Waals surface area contributed by atoms with E-state index in [1.54, 1.807) is 0 Å². The van der Waals surface area contributed by atoms with E-state index >= 15 is 0 Å². The van der Waals surface area contributed by atoms with Crippen LogP contribution in [-0.4, -0.2) is 22.7 Å². The highest BCUT2D eigenvalue weighted by Gasteiger charge is 2.39. The normalized spacial score (nSPS) is 19.5. The second kappa shape index (κ2) is 6.20. The molecular formula is C18H19NO3. The lowest BCUT2D eigenvalue weighted by molar-refractivity contribution is -0.163. The Balaban J connectivity index is 1.64. The molecule has 4 heteroatoms. The second-order valence-corrected chi connectivity index (χ2v) is 5.69. The van der Waals surface area contributed by atoms with Crippen molar-refractivity contribution in [2.75, 3.05) is 6.54 Å². The second-order valence-electron chi connectivity index (χ2n) is 5.69. The van der Waals surface area contributed by atoms with E-state index in [9.17, 15) is 10.0 Å². The number of benzene rings is 2. The topological polar surface area (TPSA) is 49.8 Å². The Bertz CT molecular complexity index is 656. The van der Waals surface area contributed by atoms with Crippen LogP contribution in [0.2, 0.25) is 0 Å². The minimum Gasteiger partial charge on any atom is -0.457 e. The predicted octanol–water partition coefficient (Wildman–Crippen LogP) is 3.82. The van der Waals surface area contributed by atoms with E-state index in [-0.39, 0.29) is 5.91 Å². The number of rotatable bonds is 5. The van der Waals surface area contributed by atoms with Gasteiger partial charge in [0.05, 0.1) is 6.54 Å². The van der Waals surface area contributed by atoms with E-state index in [1.165, 1.54) is 12.5 Å². The SMILES string of the molecule is CC(=O)N(O)C[C@@H]1C[C@H]1c1cccc(Oc2ccccc2)c1. The van der Waals surface area contributed by atoms with Crippen LogP contribution >= 0.6 is 0 Å². The van der Waals surface area contributed by atoms with Gasteiger partial charge in [-0.2, -0.15) is 0 Å². The number of hydrogen-bond acceptors (Lipinski definition) is 3. The Morgan fingerprint density at radius 2 is 1.91 bits per heavy atom. The highest BCUT2D eigenvalue weighted by Crippen LogP contribution is 2.48. The third kappa shape index (κ3) is 3.46. The maximum atomic E-state index is 11.1. The number of para-hydroxylation sites is 1. The maximum Gasteiger partial charge on any atom is 0.242 e. The highest BCUT2D eigenvalue weighted by molar-refractivity contribution is 5.71. The first kappa shape index (κ1) is 14.6. The smallest absolute Gasteiger partial charge is 0.242 e. The first-order valence-electron chi connectivity index (χ1n) is 7.43. The molecule has 1 aliphatic carbocycles. The van der Waals surface area contributed by atoms with Crippen LogP contribution in [0.25, 0.3) is 0 Å². The molecule has 1 fully saturated rings. The molecule has 0 bridgehead atoms. The van der Waals surface area contributed by atoms with Crippen LogP contribution in [0.3, 0.4) is 0 Å². The number of hydroxylamine groups is 2. The Hall–Kier alpha value is -2.33. The van der Waals surface area contributed by atoms with Gasteiger partial charge in [-0.15, -0.1) is 0 Å². The fourth-order valence-corrected chi connectivity index (χ4v) is 2.64. The standard InChI is InChI=1S/C18H19NO3/c1-13(20)19(21)12-15-11-18(15)14-6-5-9-17(10-14)22-16-7-3-2-4-8-16/h2-10,15,18,21H,11-12H2,1H3/t15-,18-/m0/s1. The maximum absolute atomic E-state index is 11.1. The fourth-order valence-electron chi connectivity index (χ4n) is 2.64. The highest BCUT2D eigenvalue weighted by atomic mass is 16.5. The Morgan fingerprint density at radius 3 is 2.64 bits per heavy atom. The molecule has 0 heterocycles. The van der Waals surface area contributed by atoms with Crippen LogP contribution in [0.5, 0.6) is 11.5 Å². The minimum atomic E-state index is -0.313. The molecule has 2 atom stereocenters. The van der Waals surface area contributed by atoms with E-state index in [1.807, 2.05) is 48.5 Å². The van der Waals surface area contributed by atoms with Crippen LogP contribution < -0.4 is 4.74 Å². The Morgan fingerprint density at radius 1 is 1.18 bits per heavy atom. The van der Waals surface area contributed by atoms with Crippen LogP contribution in [0, 0.1) is 5.92 Å². The zero-order valence-corrected chi connectivity index (χ0v) is 12.5. The lowest BCUT2D eigenvalue weighted by Crippen LogP contribution is -2.27. The summed E-state index contributed by atoms with van der Waals surface area (Å²) in [6, 6.07) is 17.7. The summed E-state index contributed by atoms with van der Waals surface area (Å²) in [5.74, 6) is 2.01. The number of amides is 1. The van der Waals surface area contributed by atoms with Gasteiger partial charge in [-0.25, -0.2) is 5.06 Å². The summed E-state index contributed by atoms with van der Waals surface area (Å²) in [6.07, 6.45) is 0.985. The van der Waals surface area contributed by atoms with Crippen LogP contribution in [0.4, 0.5) is 0 Å². The molecule has 0 aromatic heterocycles. The van der Waals surface area contributed by atoms with Crippen molar-refractivity contribution in [3.8, 4) is 11.5 Å². The summed E-state index contributed by atoms with van der Waals surface area (Å²) in [5.41, 5.74) is 1.19. The molecule has 2 aromatic rings. The molecule has 1 N–H and O–H groups in total. The average Bonchev–Trinajstić information content (AvgIpc) is 3.28. The van der Waals surface area contributed by atoms with Crippen LogP contribution in [0.15, 0.2) is 54.6 Å². The molecule has 1 aliphatic rings. The molecule has 0 radical (unpaired) electrons. The van der Waals surface area contributed by atoms with Gasteiger partial charge in [0.25, 0.3) is 0 Å². The zero-order chi connectivity index (χ0) is 15.5. The Kier molecular flexibility index (Phi) is 4.11. The lowest BCUT2D eigenvalue weighted by atomic mass is 10.1. The van der Waals surface area contributed by atoms with Gasteiger partial charge in [0.1, 0.15) is 11.5 Å². The largest absolute Gasteiger partial charge is 0.457 e. The monoisotopic (exact) mass is 297 g/mol. The van der Waals surface area contributed by atoms with Gasteiger partial charge in [-0.1, -0.05) is 30.3 Å². The van der Waals surface area contributed by atoms with Gasteiger partial charge in [-0.3, -0.25) is 10.0 Å².